The van der Waals surface area contributed by atoms with Crippen LogP contribution in [0.5, 0.6) is 0 Å². The van der Waals surface area contributed by atoms with E-state index in [2.05, 4.69) is 37.6 Å². The summed E-state index contributed by atoms with van der Waals surface area (Å²) in [5.74, 6) is 2.69. The van der Waals surface area contributed by atoms with Gasteiger partial charge in [0.25, 0.3) is 0 Å². The van der Waals surface area contributed by atoms with E-state index in [9.17, 15) is 4.79 Å². The molecule has 2 N–H and O–H groups in total. The molecule has 6 nitrogen and oxygen atoms in total. The standard InChI is InChI=1S/C21H29N5O/c1-17-24-19(16-20(25-17)26-14-5-6-15-26)22-12-13-23-21(27)11-7-10-18-8-3-2-4-9-18/h2-4,8-9,16H,5-7,10-15H2,1H3,(H,23,27)(H,22,24,25). The SMILES string of the molecule is Cc1nc(NCCNC(=O)CCCc2ccccc2)cc(N2CCCC2)n1. The lowest BCUT2D eigenvalue weighted by molar-refractivity contribution is -0.121. The van der Waals surface area contributed by atoms with Gasteiger partial charge in [0, 0.05) is 38.7 Å². The second-order valence-corrected chi connectivity index (χ2v) is 6.97. The number of rotatable bonds is 9. The number of aromatic nitrogens is 2. The molecule has 1 aromatic carbocycles. The van der Waals surface area contributed by atoms with Crippen LogP contribution in [0.1, 0.15) is 37.1 Å². The van der Waals surface area contributed by atoms with Gasteiger partial charge >= 0.3 is 0 Å². The Labute approximate surface area is 161 Å². The van der Waals surface area contributed by atoms with Gasteiger partial charge in [0.1, 0.15) is 17.5 Å². The Balaban J connectivity index is 1.35. The molecule has 0 spiro atoms. The minimum Gasteiger partial charge on any atom is -0.368 e. The summed E-state index contributed by atoms with van der Waals surface area (Å²) in [5.41, 5.74) is 1.28. The van der Waals surface area contributed by atoms with E-state index in [1.54, 1.807) is 0 Å². The van der Waals surface area contributed by atoms with Crippen molar-refractivity contribution in [2.75, 3.05) is 36.4 Å². The highest BCUT2D eigenvalue weighted by Gasteiger charge is 2.14. The van der Waals surface area contributed by atoms with Crippen LogP contribution in [0, 0.1) is 6.92 Å². The number of nitrogens with zero attached hydrogens (tertiary/aromatic N) is 3. The van der Waals surface area contributed by atoms with E-state index in [1.165, 1.54) is 18.4 Å². The first-order valence-corrected chi connectivity index (χ1v) is 9.86. The Bertz CT molecular complexity index is 729. The van der Waals surface area contributed by atoms with Crippen molar-refractivity contribution < 1.29 is 4.79 Å². The second-order valence-electron chi connectivity index (χ2n) is 6.97. The van der Waals surface area contributed by atoms with E-state index in [0.29, 0.717) is 19.5 Å². The van der Waals surface area contributed by atoms with Gasteiger partial charge in [-0.05, 0) is 38.2 Å². The van der Waals surface area contributed by atoms with Gasteiger partial charge in [-0.15, -0.1) is 0 Å². The molecule has 0 atom stereocenters. The number of hydrogen-bond donors (Lipinski definition) is 2. The topological polar surface area (TPSA) is 70.2 Å². The van der Waals surface area contributed by atoms with Crippen molar-refractivity contribution in [1.82, 2.24) is 15.3 Å². The summed E-state index contributed by atoms with van der Waals surface area (Å²) in [6.07, 6.45) is 4.81. The zero-order valence-electron chi connectivity index (χ0n) is 16.1. The van der Waals surface area contributed by atoms with Gasteiger partial charge in [-0.2, -0.15) is 0 Å². The maximum atomic E-state index is 12.0. The minimum absolute atomic E-state index is 0.101. The highest BCUT2D eigenvalue weighted by molar-refractivity contribution is 5.75. The Hall–Kier alpha value is -2.63. The molecule has 1 saturated heterocycles. The summed E-state index contributed by atoms with van der Waals surface area (Å²) in [5, 5.41) is 6.26. The van der Waals surface area contributed by atoms with E-state index in [4.69, 9.17) is 0 Å². The van der Waals surface area contributed by atoms with Gasteiger partial charge < -0.3 is 15.5 Å². The highest BCUT2D eigenvalue weighted by atomic mass is 16.1. The number of anilines is 2. The lowest BCUT2D eigenvalue weighted by Crippen LogP contribution is -2.29. The molecule has 0 radical (unpaired) electrons. The molecule has 2 aromatic rings. The van der Waals surface area contributed by atoms with E-state index < -0.39 is 0 Å². The monoisotopic (exact) mass is 367 g/mol. The predicted octanol–water partition coefficient (Wildman–Crippen LogP) is 2.94. The molecule has 0 aliphatic carbocycles. The Kier molecular flexibility index (Phi) is 7.02. The van der Waals surface area contributed by atoms with Crippen molar-refractivity contribution in [1.29, 1.82) is 0 Å². The molecule has 0 unspecified atom stereocenters. The van der Waals surface area contributed by atoms with Gasteiger partial charge in [0.05, 0.1) is 0 Å². The number of carbonyl (C=O) groups is 1. The largest absolute Gasteiger partial charge is 0.368 e. The van der Waals surface area contributed by atoms with Crippen LogP contribution in [0.2, 0.25) is 0 Å². The lowest BCUT2D eigenvalue weighted by Gasteiger charge is -2.17. The van der Waals surface area contributed by atoms with Crippen LogP contribution in [-0.4, -0.2) is 42.1 Å². The van der Waals surface area contributed by atoms with Crippen LogP contribution in [0.3, 0.4) is 0 Å². The highest BCUT2D eigenvalue weighted by Crippen LogP contribution is 2.20. The van der Waals surface area contributed by atoms with Crippen molar-refractivity contribution in [2.45, 2.75) is 39.0 Å². The maximum absolute atomic E-state index is 12.0. The molecule has 1 aliphatic heterocycles. The molecule has 6 heteroatoms. The van der Waals surface area contributed by atoms with Crippen molar-refractivity contribution in [3.8, 4) is 0 Å². The Morgan fingerprint density at radius 2 is 1.89 bits per heavy atom. The first-order chi connectivity index (χ1) is 13.2. The summed E-state index contributed by atoms with van der Waals surface area (Å²) in [6.45, 7) is 5.29. The molecule has 2 heterocycles. The molecule has 0 bridgehead atoms. The first-order valence-electron chi connectivity index (χ1n) is 9.86. The number of carbonyl (C=O) groups excluding carboxylic acids is 1. The van der Waals surface area contributed by atoms with Gasteiger partial charge in [0.15, 0.2) is 0 Å². The third kappa shape index (κ3) is 6.24. The van der Waals surface area contributed by atoms with Crippen molar-refractivity contribution in [3.05, 3.63) is 47.8 Å². The van der Waals surface area contributed by atoms with Crippen LogP contribution in [0.25, 0.3) is 0 Å². The molecule has 3 rings (SSSR count). The third-order valence-electron chi connectivity index (χ3n) is 4.72. The molecule has 1 aromatic heterocycles. The Morgan fingerprint density at radius 3 is 2.67 bits per heavy atom. The van der Waals surface area contributed by atoms with E-state index in [1.807, 2.05) is 31.2 Å². The molecule has 1 fully saturated rings. The molecule has 144 valence electrons. The van der Waals surface area contributed by atoms with Gasteiger partial charge in [0.2, 0.25) is 5.91 Å². The second kappa shape index (κ2) is 9.90. The number of hydrogen-bond acceptors (Lipinski definition) is 5. The molecule has 1 aliphatic rings. The first kappa shape index (κ1) is 19.1. The average Bonchev–Trinajstić information content (AvgIpc) is 3.21. The smallest absolute Gasteiger partial charge is 0.220 e. The van der Waals surface area contributed by atoms with Gasteiger partial charge in [-0.1, -0.05) is 30.3 Å². The Morgan fingerprint density at radius 1 is 1.11 bits per heavy atom. The van der Waals surface area contributed by atoms with Crippen molar-refractivity contribution in [2.24, 2.45) is 0 Å². The zero-order chi connectivity index (χ0) is 18.9. The molecule has 1 amide bonds. The van der Waals surface area contributed by atoms with Gasteiger partial charge in [-0.25, -0.2) is 9.97 Å². The van der Waals surface area contributed by atoms with E-state index >= 15 is 0 Å². The average molecular weight is 367 g/mol. The lowest BCUT2D eigenvalue weighted by atomic mass is 10.1. The van der Waals surface area contributed by atoms with Crippen LogP contribution in [-0.2, 0) is 11.2 Å². The maximum Gasteiger partial charge on any atom is 0.220 e. The number of amides is 1. The minimum atomic E-state index is 0.101. The fourth-order valence-electron chi connectivity index (χ4n) is 3.33. The quantitative estimate of drug-likeness (QED) is 0.667. The number of benzene rings is 1. The van der Waals surface area contributed by atoms with Crippen molar-refractivity contribution in [3.63, 3.8) is 0 Å². The van der Waals surface area contributed by atoms with E-state index in [0.717, 1.165) is 43.4 Å². The normalized spacial score (nSPS) is 13.6. The number of nitrogens with one attached hydrogen (secondary N) is 2. The summed E-state index contributed by atoms with van der Waals surface area (Å²) < 4.78 is 0. The fourth-order valence-corrected chi connectivity index (χ4v) is 3.33. The molecule has 27 heavy (non-hydrogen) atoms. The molecular formula is C21H29N5O. The zero-order valence-corrected chi connectivity index (χ0v) is 16.1. The van der Waals surface area contributed by atoms with E-state index in [-0.39, 0.29) is 5.91 Å². The number of aryl methyl sites for hydroxylation is 2. The summed E-state index contributed by atoms with van der Waals surface area (Å²) in [7, 11) is 0. The van der Waals surface area contributed by atoms with Crippen molar-refractivity contribution >= 4 is 17.5 Å². The predicted molar refractivity (Wildman–Crippen MR) is 109 cm³/mol. The van der Waals surface area contributed by atoms with Gasteiger partial charge in [-0.3, -0.25) is 4.79 Å². The molecular weight excluding hydrogens is 338 g/mol. The van der Waals surface area contributed by atoms with Crippen LogP contribution >= 0.6 is 0 Å². The van der Waals surface area contributed by atoms with Crippen LogP contribution in [0.15, 0.2) is 36.4 Å². The summed E-state index contributed by atoms with van der Waals surface area (Å²) >= 11 is 0. The summed E-state index contributed by atoms with van der Waals surface area (Å²) in [4.78, 5) is 23.2. The molecule has 0 saturated carbocycles. The fraction of sp³-hybridized carbons (Fsp3) is 0.476. The third-order valence-corrected chi connectivity index (χ3v) is 4.72. The summed E-state index contributed by atoms with van der Waals surface area (Å²) in [6, 6.07) is 12.3. The van der Waals surface area contributed by atoms with Crippen LogP contribution in [0.4, 0.5) is 11.6 Å². The van der Waals surface area contributed by atoms with Crippen LogP contribution < -0.4 is 15.5 Å².